The van der Waals surface area contributed by atoms with Gasteiger partial charge in [-0.05, 0) is 69.9 Å². The van der Waals surface area contributed by atoms with Gasteiger partial charge in [0.05, 0.1) is 17.0 Å². The highest BCUT2D eigenvalue weighted by atomic mass is 79.9. The molecule has 1 N–H and O–H groups in total. The number of ether oxygens (including phenoxy) is 2. The van der Waals surface area contributed by atoms with Gasteiger partial charge in [-0.1, -0.05) is 41.9 Å². The SMILES string of the molecule is CCOc1cc([C@@H](C[N+](=O)[O-])c2c[nH]c3ccccc23)cc(Br)c1OCc1ccc(Cl)cc1. The molecule has 4 rings (SSSR count). The number of H-pyrrole nitrogens is 1. The van der Waals surface area contributed by atoms with E-state index in [1.165, 1.54) is 0 Å². The van der Waals surface area contributed by atoms with Crippen molar-refractivity contribution in [2.45, 2.75) is 19.4 Å². The van der Waals surface area contributed by atoms with E-state index >= 15 is 0 Å². The zero-order valence-corrected chi connectivity index (χ0v) is 20.2. The first-order valence-electron chi connectivity index (χ1n) is 10.5. The third kappa shape index (κ3) is 5.31. The summed E-state index contributed by atoms with van der Waals surface area (Å²) in [6, 6.07) is 18.9. The van der Waals surface area contributed by atoms with Crippen molar-refractivity contribution in [2.24, 2.45) is 0 Å². The average Bonchev–Trinajstić information content (AvgIpc) is 3.22. The van der Waals surface area contributed by atoms with Crippen molar-refractivity contribution in [1.29, 1.82) is 0 Å². The van der Waals surface area contributed by atoms with Gasteiger partial charge in [-0.2, -0.15) is 0 Å². The smallest absolute Gasteiger partial charge is 0.214 e. The lowest BCUT2D eigenvalue weighted by atomic mass is 9.90. The standard InChI is InChI=1S/C25H22BrClN2O4/c1-2-32-24-12-17(11-22(26)25(24)33-15-16-7-9-18(27)10-8-16)21(14-29(30)31)20-13-28-23-6-4-3-5-19(20)23/h3-13,21,28H,2,14-15H2,1H3/t21-/m1/s1. The number of nitrogens with zero attached hydrogens (tertiary/aromatic N) is 1. The minimum absolute atomic E-state index is 0.245. The number of hydrogen-bond acceptors (Lipinski definition) is 4. The van der Waals surface area contributed by atoms with Gasteiger partial charge in [-0.15, -0.1) is 0 Å². The number of rotatable bonds is 9. The van der Waals surface area contributed by atoms with E-state index in [1.807, 2.05) is 73.8 Å². The summed E-state index contributed by atoms with van der Waals surface area (Å²) in [5.41, 5.74) is 3.54. The number of hydrogen-bond donors (Lipinski definition) is 1. The Hall–Kier alpha value is -3.03. The summed E-state index contributed by atoms with van der Waals surface area (Å²) >= 11 is 9.56. The van der Waals surface area contributed by atoms with Gasteiger partial charge in [0, 0.05) is 27.0 Å². The van der Waals surface area contributed by atoms with E-state index in [0.29, 0.717) is 34.2 Å². The third-order valence-corrected chi connectivity index (χ3v) is 6.20. The molecule has 0 radical (unpaired) electrons. The summed E-state index contributed by atoms with van der Waals surface area (Å²) in [6.07, 6.45) is 1.85. The summed E-state index contributed by atoms with van der Waals surface area (Å²) in [7, 11) is 0. The number of benzene rings is 3. The molecule has 0 aliphatic heterocycles. The first-order chi connectivity index (χ1) is 16.0. The van der Waals surface area contributed by atoms with E-state index in [-0.39, 0.29) is 11.5 Å². The molecule has 1 atom stereocenters. The Morgan fingerprint density at radius 1 is 1.12 bits per heavy atom. The van der Waals surface area contributed by atoms with Gasteiger partial charge in [0.25, 0.3) is 0 Å². The summed E-state index contributed by atoms with van der Waals surface area (Å²) in [4.78, 5) is 14.5. The van der Waals surface area contributed by atoms with Crippen LogP contribution in [0.15, 0.2) is 71.3 Å². The molecule has 6 nitrogen and oxygen atoms in total. The van der Waals surface area contributed by atoms with Crippen LogP contribution in [0.25, 0.3) is 10.9 Å². The molecule has 0 bridgehead atoms. The van der Waals surface area contributed by atoms with E-state index in [0.717, 1.165) is 27.6 Å². The fourth-order valence-electron chi connectivity index (χ4n) is 3.84. The van der Waals surface area contributed by atoms with Gasteiger partial charge in [-0.3, -0.25) is 10.1 Å². The highest BCUT2D eigenvalue weighted by Gasteiger charge is 2.26. The second kappa shape index (κ2) is 10.3. The second-order valence-electron chi connectivity index (χ2n) is 7.54. The lowest BCUT2D eigenvalue weighted by Crippen LogP contribution is -2.14. The Balaban J connectivity index is 1.72. The number of aromatic amines is 1. The zero-order valence-electron chi connectivity index (χ0n) is 17.9. The topological polar surface area (TPSA) is 77.4 Å². The van der Waals surface area contributed by atoms with Crippen molar-refractivity contribution in [2.75, 3.05) is 13.2 Å². The van der Waals surface area contributed by atoms with Gasteiger partial charge in [0.1, 0.15) is 6.61 Å². The summed E-state index contributed by atoms with van der Waals surface area (Å²) in [5, 5.41) is 13.2. The van der Waals surface area contributed by atoms with Crippen molar-refractivity contribution in [3.05, 3.63) is 103 Å². The molecule has 0 spiro atoms. The fraction of sp³-hybridized carbons (Fsp3) is 0.200. The van der Waals surface area contributed by atoms with E-state index < -0.39 is 5.92 Å². The third-order valence-electron chi connectivity index (χ3n) is 5.36. The predicted molar refractivity (Wildman–Crippen MR) is 133 cm³/mol. The van der Waals surface area contributed by atoms with Crippen LogP contribution in [0.4, 0.5) is 0 Å². The molecule has 1 aromatic heterocycles. The number of nitro groups is 1. The molecule has 0 aliphatic carbocycles. The van der Waals surface area contributed by atoms with Crippen LogP contribution in [-0.4, -0.2) is 23.1 Å². The van der Waals surface area contributed by atoms with Gasteiger partial charge >= 0.3 is 0 Å². The molecule has 0 aliphatic rings. The molecule has 4 aromatic rings. The lowest BCUT2D eigenvalue weighted by molar-refractivity contribution is -0.481. The molecular formula is C25H22BrClN2O4. The number of aromatic nitrogens is 1. The molecule has 0 unspecified atom stereocenters. The Morgan fingerprint density at radius 2 is 1.88 bits per heavy atom. The van der Waals surface area contributed by atoms with Crippen LogP contribution in [0.5, 0.6) is 11.5 Å². The van der Waals surface area contributed by atoms with Crippen LogP contribution in [0.1, 0.15) is 29.5 Å². The van der Waals surface area contributed by atoms with Crippen LogP contribution >= 0.6 is 27.5 Å². The normalized spacial score (nSPS) is 12.0. The van der Waals surface area contributed by atoms with Crippen LogP contribution in [0.3, 0.4) is 0 Å². The molecule has 0 saturated heterocycles. The van der Waals surface area contributed by atoms with Crippen LogP contribution < -0.4 is 9.47 Å². The fourth-order valence-corrected chi connectivity index (χ4v) is 4.54. The second-order valence-corrected chi connectivity index (χ2v) is 8.83. The van der Waals surface area contributed by atoms with Crippen LogP contribution in [-0.2, 0) is 6.61 Å². The zero-order chi connectivity index (χ0) is 23.4. The Bertz CT molecular complexity index is 1270. The first-order valence-corrected chi connectivity index (χ1v) is 11.6. The maximum atomic E-state index is 11.6. The van der Waals surface area contributed by atoms with Crippen LogP contribution in [0, 0.1) is 10.1 Å². The molecular weight excluding hydrogens is 508 g/mol. The van der Waals surface area contributed by atoms with E-state index in [1.54, 1.807) is 0 Å². The monoisotopic (exact) mass is 528 g/mol. The molecule has 0 saturated carbocycles. The minimum Gasteiger partial charge on any atom is -0.490 e. The molecule has 33 heavy (non-hydrogen) atoms. The summed E-state index contributed by atoms with van der Waals surface area (Å²) in [6.45, 7) is 2.40. The van der Waals surface area contributed by atoms with Gasteiger partial charge in [-0.25, -0.2) is 0 Å². The van der Waals surface area contributed by atoms with Gasteiger partial charge in [0.15, 0.2) is 11.5 Å². The lowest BCUT2D eigenvalue weighted by Gasteiger charge is -2.19. The number of fused-ring (bicyclic) bond motifs is 1. The molecule has 3 aromatic carbocycles. The molecule has 0 amide bonds. The first kappa shape index (κ1) is 23.1. The maximum Gasteiger partial charge on any atom is 0.214 e. The Morgan fingerprint density at radius 3 is 2.61 bits per heavy atom. The number of halogens is 2. The molecule has 170 valence electrons. The van der Waals surface area contributed by atoms with E-state index in [2.05, 4.69) is 20.9 Å². The van der Waals surface area contributed by atoms with Gasteiger partial charge in [0.2, 0.25) is 6.54 Å². The predicted octanol–water partition coefficient (Wildman–Crippen LogP) is 6.97. The van der Waals surface area contributed by atoms with Crippen molar-refractivity contribution in [1.82, 2.24) is 4.98 Å². The molecule has 1 heterocycles. The largest absolute Gasteiger partial charge is 0.490 e. The molecule has 0 fully saturated rings. The summed E-state index contributed by atoms with van der Waals surface area (Å²) in [5.74, 6) is 0.621. The Kier molecular flexibility index (Phi) is 7.20. The van der Waals surface area contributed by atoms with Gasteiger partial charge < -0.3 is 14.5 Å². The van der Waals surface area contributed by atoms with Crippen molar-refractivity contribution >= 4 is 38.4 Å². The average molecular weight is 530 g/mol. The number of nitrogens with one attached hydrogen (secondary N) is 1. The number of para-hydroxylation sites is 1. The van der Waals surface area contributed by atoms with E-state index in [9.17, 15) is 10.1 Å². The Labute approximate surface area is 204 Å². The van der Waals surface area contributed by atoms with Crippen molar-refractivity contribution < 1.29 is 14.4 Å². The molecule has 8 heteroatoms. The minimum atomic E-state index is -0.461. The summed E-state index contributed by atoms with van der Waals surface area (Å²) < 4.78 is 12.6. The van der Waals surface area contributed by atoms with Crippen LogP contribution in [0.2, 0.25) is 5.02 Å². The highest BCUT2D eigenvalue weighted by Crippen LogP contribution is 2.41. The highest BCUT2D eigenvalue weighted by molar-refractivity contribution is 9.10. The maximum absolute atomic E-state index is 11.6. The quantitative estimate of drug-likeness (QED) is 0.188. The van der Waals surface area contributed by atoms with Crippen molar-refractivity contribution in [3.63, 3.8) is 0 Å². The van der Waals surface area contributed by atoms with Crippen molar-refractivity contribution in [3.8, 4) is 11.5 Å². The van der Waals surface area contributed by atoms with E-state index in [4.69, 9.17) is 21.1 Å².